The van der Waals surface area contributed by atoms with Gasteiger partial charge in [-0.3, -0.25) is 9.59 Å². The number of rotatable bonds is 6. The summed E-state index contributed by atoms with van der Waals surface area (Å²) in [4.78, 5) is 24.6. The third-order valence-electron chi connectivity index (χ3n) is 4.70. The van der Waals surface area contributed by atoms with Gasteiger partial charge in [-0.15, -0.1) is 5.10 Å². The molecule has 160 valence electrons. The van der Waals surface area contributed by atoms with Gasteiger partial charge in [0, 0.05) is 12.1 Å². The maximum Gasteiger partial charge on any atom is 0.240 e. The number of nitrogens with zero attached hydrogens (tertiary/aromatic N) is 2. The van der Waals surface area contributed by atoms with Crippen molar-refractivity contribution in [2.45, 2.75) is 52.2 Å². The monoisotopic (exact) mass is 428 g/mol. The van der Waals surface area contributed by atoms with Crippen LogP contribution >= 0.6 is 11.8 Å². The molecule has 3 rings (SSSR count). The van der Waals surface area contributed by atoms with Gasteiger partial charge < -0.3 is 15.4 Å². The molecule has 7 nitrogen and oxygen atoms in total. The molecule has 0 unspecified atom stereocenters. The smallest absolute Gasteiger partial charge is 0.240 e. The zero-order valence-electron chi connectivity index (χ0n) is 17.8. The number of nitrogens with one attached hydrogen (secondary N) is 2. The number of thioether (sulfide) groups is 1. The van der Waals surface area contributed by atoms with Crippen LogP contribution in [0.25, 0.3) is 0 Å². The zero-order chi connectivity index (χ0) is 21.7. The molecule has 1 aliphatic heterocycles. The van der Waals surface area contributed by atoms with Crippen LogP contribution in [0.1, 0.15) is 47.0 Å². The third-order valence-corrected chi connectivity index (χ3v) is 5.77. The molecular weight excluding hydrogens is 400 g/mol. The van der Waals surface area contributed by atoms with Crippen LogP contribution in [-0.2, 0) is 9.59 Å². The minimum absolute atomic E-state index is 0.0609. The number of benzene rings is 1. The van der Waals surface area contributed by atoms with E-state index in [1.165, 1.54) is 17.3 Å². The standard InChI is InChI=1S/C22H28N4O3S/c1-5-29-17-8-6-15(7-9-17)23-19(27)11-18-20(28)24-21(30-18)26-25-16-10-14(2)12-22(3,4)13-16/h6-10,18H,5,11-13H2,1-4H3,(H,23,27)(H,24,26,28)/b25-16-/t18-/m1/s1. The summed E-state index contributed by atoms with van der Waals surface area (Å²) in [6.07, 6.45) is 4.00. The maximum atomic E-state index is 12.3. The number of amidine groups is 1. The summed E-state index contributed by atoms with van der Waals surface area (Å²) in [5, 5.41) is 14.0. The molecule has 1 aliphatic carbocycles. The Balaban J connectivity index is 1.56. The first kappa shape index (κ1) is 22.1. The van der Waals surface area contributed by atoms with E-state index in [2.05, 4.69) is 47.7 Å². The lowest BCUT2D eigenvalue weighted by atomic mass is 9.77. The van der Waals surface area contributed by atoms with Crippen molar-refractivity contribution >= 4 is 40.1 Å². The van der Waals surface area contributed by atoms with Crippen molar-refractivity contribution in [3.63, 3.8) is 0 Å². The van der Waals surface area contributed by atoms with Gasteiger partial charge in [-0.2, -0.15) is 5.10 Å². The summed E-state index contributed by atoms with van der Waals surface area (Å²) in [6, 6.07) is 7.13. The number of anilines is 1. The molecule has 0 radical (unpaired) electrons. The molecule has 2 amide bonds. The normalized spacial score (nSPS) is 23.3. The lowest BCUT2D eigenvalue weighted by molar-refractivity contribution is -0.122. The lowest BCUT2D eigenvalue weighted by Gasteiger charge is -2.28. The first-order valence-electron chi connectivity index (χ1n) is 10.1. The molecule has 2 aliphatic rings. The highest BCUT2D eigenvalue weighted by Crippen LogP contribution is 2.34. The van der Waals surface area contributed by atoms with Crippen LogP contribution in [-0.4, -0.2) is 34.6 Å². The summed E-state index contributed by atoms with van der Waals surface area (Å²) < 4.78 is 5.39. The van der Waals surface area contributed by atoms with Crippen molar-refractivity contribution in [1.82, 2.24) is 5.32 Å². The predicted octanol–water partition coefficient (Wildman–Crippen LogP) is 4.12. The Morgan fingerprint density at radius 3 is 2.67 bits per heavy atom. The van der Waals surface area contributed by atoms with Crippen LogP contribution in [0.2, 0.25) is 0 Å². The Morgan fingerprint density at radius 2 is 2.00 bits per heavy atom. The van der Waals surface area contributed by atoms with E-state index in [0.717, 1.165) is 24.3 Å². The minimum atomic E-state index is -0.522. The van der Waals surface area contributed by atoms with Crippen LogP contribution in [0.5, 0.6) is 5.75 Å². The predicted molar refractivity (Wildman–Crippen MR) is 122 cm³/mol. The molecule has 2 N–H and O–H groups in total. The van der Waals surface area contributed by atoms with Crippen LogP contribution < -0.4 is 15.4 Å². The largest absolute Gasteiger partial charge is 0.494 e. The summed E-state index contributed by atoms with van der Waals surface area (Å²) >= 11 is 1.24. The first-order chi connectivity index (χ1) is 14.2. The fourth-order valence-corrected chi connectivity index (χ4v) is 4.55. The molecule has 1 aromatic carbocycles. The molecule has 0 spiro atoms. The summed E-state index contributed by atoms with van der Waals surface area (Å²) in [6.45, 7) is 9.00. The highest BCUT2D eigenvalue weighted by Gasteiger charge is 2.32. The number of carbonyl (C=O) groups excluding carboxylic acids is 2. The third kappa shape index (κ3) is 6.19. The van der Waals surface area contributed by atoms with E-state index in [4.69, 9.17) is 4.74 Å². The SMILES string of the molecule is CCOc1ccc(NC(=O)C[C@H]2S/C(=N/N=C3/C=C(C)CC(C)(C)C3)NC2=O)cc1. The Labute approximate surface area is 181 Å². The Bertz CT molecular complexity index is 903. The molecule has 1 saturated heterocycles. The average molecular weight is 429 g/mol. The van der Waals surface area contributed by atoms with Crippen molar-refractivity contribution in [2.24, 2.45) is 15.6 Å². The van der Waals surface area contributed by atoms with Gasteiger partial charge in [0.25, 0.3) is 0 Å². The summed E-state index contributed by atoms with van der Waals surface area (Å²) in [7, 11) is 0. The highest BCUT2D eigenvalue weighted by molar-refractivity contribution is 8.15. The van der Waals surface area contributed by atoms with E-state index in [-0.39, 0.29) is 23.7 Å². The van der Waals surface area contributed by atoms with Gasteiger partial charge in [0.1, 0.15) is 11.0 Å². The molecule has 0 bridgehead atoms. The van der Waals surface area contributed by atoms with E-state index in [9.17, 15) is 9.59 Å². The quantitative estimate of drug-likeness (QED) is 0.667. The molecule has 1 heterocycles. The van der Waals surface area contributed by atoms with Crippen LogP contribution in [0.15, 0.2) is 46.1 Å². The zero-order valence-corrected chi connectivity index (χ0v) is 18.6. The maximum absolute atomic E-state index is 12.3. The molecular formula is C22H28N4O3S. The van der Waals surface area contributed by atoms with Crippen LogP contribution in [0.4, 0.5) is 5.69 Å². The number of hydrogen-bond donors (Lipinski definition) is 2. The number of allylic oxidation sites excluding steroid dienone is 2. The van der Waals surface area contributed by atoms with Crippen molar-refractivity contribution in [1.29, 1.82) is 0 Å². The molecule has 1 fully saturated rings. The van der Waals surface area contributed by atoms with Crippen molar-refractivity contribution in [3.05, 3.63) is 35.9 Å². The van der Waals surface area contributed by atoms with Gasteiger partial charge in [-0.1, -0.05) is 31.2 Å². The Kier molecular flexibility index (Phi) is 6.97. The van der Waals surface area contributed by atoms with Gasteiger partial charge in [-0.25, -0.2) is 0 Å². The van der Waals surface area contributed by atoms with Gasteiger partial charge in [0.05, 0.1) is 12.3 Å². The van der Waals surface area contributed by atoms with Crippen LogP contribution in [0, 0.1) is 5.41 Å². The lowest BCUT2D eigenvalue weighted by Crippen LogP contribution is -2.28. The second-order valence-corrected chi connectivity index (χ2v) is 9.50. The Morgan fingerprint density at radius 1 is 1.27 bits per heavy atom. The number of amides is 2. The van der Waals surface area contributed by atoms with Gasteiger partial charge in [-0.05, 0) is 62.4 Å². The van der Waals surface area contributed by atoms with Gasteiger partial charge in [0.15, 0.2) is 5.17 Å². The van der Waals surface area contributed by atoms with E-state index in [0.29, 0.717) is 17.5 Å². The van der Waals surface area contributed by atoms with E-state index in [1.807, 2.05) is 6.92 Å². The van der Waals surface area contributed by atoms with E-state index < -0.39 is 5.25 Å². The average Bonchev–Trinajstić information content (AvgIpc) is 2.99. The first-order valence-corrected chi connectivity index (χ1v) is 10.9. The summed E-state index contributed by atoms with van der Waals surface area (Å²) in [5.74, 6) is 0.290. The molecule has 0 saturated carbocycles. The molecule has 1 atom stereocenters. The number of hydrogen-bond acceptors (Lipinski definition) is 6. The van der Waals surface area contributed by atoms with Crippen molar-refractivity contribution in [2.75, 3.05) is 11.9 Å². The molecule has 0 aromatic heterocycles. The fourth-order valence-electron chi connectivity index (χ4n) is 3.64. The second-order valence-electron chi connectivity index (χ2n) is 8.31. The second kappa shape index (κ2) is 9.47. The number of carbonyl (C=O) groups is 2. The van der Waals surface area contributed by atoms with Crippen molar-refractivity contribution < 1.29 is 14.3 Å². The molecule has 30 heavy (non-hydrogen) atoms. The highest BCUT2D eigenvalue weighted by atomic mass is 32.2. The minimum Gasteiger partial charge on any atom is -0.494 e. The number of ether oxygens (including phenoxy) is 1. The molecule has 1 aromatic rings. The van der Waals surface area contributed by atoms with Gasteiger partial charge in [0.2, 0.25) is 11.8 Å². The topological polar surface area (TPSA) is 92.2 Å². The van der Waals surface area contributed by atoms with Gasteiger partial charge >= 0.3 is 0 Å². The fraction of sp³-hybridized carbons (Fsp3) is 0.455. The van der Waals surface area contributed by atoms with E-state index >= 15 is 0 Å². The van der Waals surface area contributed by atoms with E-state index in [1.54, 1.807) is 24.3 Å². The van der Waals surface area contributed by atoms with Crippen LogP contribution in [0.3, 0.4) is 0 Å². The summed E-state index contributed by atoms with van der Waals surface area (Å²) in [5.41, 5.74) is 3.00. The van der Waals surface area contributed by atoms with Crippen molar-refractivity contribution in [3.8, 4) is 5.75 Å². The molecule has 8 heteroatoms. The Hall–Kier alpha value is -2.61.